The molecule has 1 unspecified atom stereocenters. The zero-order valence-corrected chi connectivity index (χ0v) is 13.1. The zero-order chi connectivity index (χ0) is 16.2. The Morgan fingerprint density at radius 2 is 2.05 bits per heavy atom. The Hall–Kier alpha value is -1.21. The summed E-state index contributed by atoms with van der Waals surface area (Å²) in [6.45, 7) is 4.69. The molecule has 0 radical (unpaired) electrons. The van der Waals surface area contributed by atoms with Gasteiger partial charge in [-0.3, -0.25) is 9.69 Å². The maximum Gasteiger partial charge on any atom is 0.446 e. The molecule has 1 heterocycles. The normalized spacial score (nSPS) is 19.4. The number of carbonyl (C=O) groups excluding carboxylic acids is 1. The number of nitrogens with one attached hydrogen (secondary N) is 1. The highest BCUT2D eigenvalue weighted by atomic mass is 32.2. The number of hydrogen-bond acceptors (Lipinski definition) is 3. The smallest absolute Gasteiger partial charge is 0.350 e. The van der Waals surface area contributed by atoms with E-state index in [0.717, 1.165) is 25.9 Å². The lowest BCUT2D eigenvalue weighted by Gasteiger charge is -2.22. The van der Waals surface area contributed by atoms with Gasteiger partial charge in [-0.05, 0) is 62.0 Å². The Kier molecular flexibility index (Phi) is 5.74. The summed E-state index contributed by atoms with van der Waals surface area (Å²) < 4.78 is 36.7. The fourth-order valence-electron chi connectivity index (χ4n) is 2.66. The van der Waals surface area contributed by atoms with Crippen molar-refractivity contribution in [3.63, 3.8) is 0 Å². The first kappa shape index (κ1) is 17.1. The lowest BCUT2D eigenvalue weighted by atomic mass is 10.2. The van der Waals surface area contributed by atoms with E-state index >= 15 is 0 Å². The van der Waals surface area contributed by atoms with Crippen molar-refractivity contribution in [3.05, 3.63) is 29.8 Å². The van der Waals surface area contributed by atoms with E-state index < -0.39 is 5.51 Å². The summed E-state index contributed by atoms with van der Waals surface area (Å²) in [7, 11) is 0. The van der Waals surface area contributed by atoms with Crippen LogP contribution in [-0.4, -0.2) is 42.0 Å². The van der Waals surface area contributed by atoms with Crippen LogP contribution in [0.15, 0.2) is 29.2 Å². The number of rotatable bonds is 5. The van der Waals surface area contributed by atoms with Gasteiger partial charge in [0.25, 0.3) is 5.91 Å². The molecule has 0 aromatic heterocycles. The Labute approximate surface area is 132 Å². The number of hydrogen-bond donors (Lipinski definition) is 1. The minimum absolute atomic E-state index is 0.0806. The Balaban J connectivity index is 1.87. The minimum Gasteiger partial charge on any atom is -0.350 e. The summed E-state index contributed by atoms with van der Waals surface area (Å²) >= 11 is -0.180. The highest BCUT2D eigenvalue weighted by Crippen LogP contribution is 2.36. The predicted octanol–water partition coefficient (Wildman–Crippen LogP) is 3.51. The molecule has 122 valence electrons. The van der Waals surface area contributed by atoms with Crippen LogP contribution in [0.4, 0.5) is 13.2 Å². The van der Waals surface area contributed by atoms with Crippen LogP contribution in [-0.2, 0) is 0 Å². The molecule has 22 heavy (non-hydrogen) atoms. The summed E-state index contributed by atoms with van der Waals surface area (Å²) in [6.07, 6.45) is 2.20. The number of nitrogens with zero attached hydrogens (tertiary/aromatic N) is 1. The van der Waals surface area contributed by atoms with E-state index in [1.54, 1.807) is 0 Å². The van der Waals surface area contributed by atoms with Crippen molar-refractivity contribution < 1.29 is 18.0 Å². The lowest BCUT2D eigenvalue weighted by molar-refractivity contribution is -0.0328. The maximum atomic E-state index is 12.2. The van der Waals surface area contributed by atoms with E-state index in [1.165, 1.54) is 24.3 Å². The van der Waals surface area contributed by atoms with Crippen molar-refractivity contribution in [2.75, 3.05) is 19.6 Å². The van der Waals surface area contributed by atoms with Crippen LogP contribution in [0.25, 0.3) is 0 Å². The van der Waals surface area contributed by atoms with E-state index in [-0.39, 0.29) is 22.6 Å². The average Bonchev–Trinajstić information content (AvgIpc) is 2.91. The van der Waals surface area contributed by atoms with E-state index in [4.69, 9.17) is 0 Å². The second-order valence-electron chi connectivity index (χ2n) is 5.21. The first-order chi connectivity index (χ1) is 10.4. The Morgan fingerprint density at radius 1 is 1.36 bits per heavy atom. The van der Waals surface area contributed by atoms with E-state index in [2.05, 4.69) is 17.1 Å². The second-order valence-corrected chi connectivity index (χ2v) is 6.35. The van der Waals surface area contributed by atoms with Crippen molar-refractivity contribution >= 4 is 17.7 Å². The van der Waals surface area contributed by atoms with Gasteiger partial charge in [-0.15, -0.1) is 0 Å². The predicted molar refractivity (Wildman–Crippen MR) is 81.0 cm³/mol. The molecule has 1 aliphatic heterocycles. The van der Waals surface area contributed by atoms with Gasteiger partial charge in [0, 0.05) is 23.0 Å². The third kappa shape index (κ3) is 4.91. The quantitative estimate of drug-likeness (QED) is 0.838. The second kappa shape index (κ2) is 7.37. The van der Waals surface area contributed by atoms with Gasteiger partial charge in [-0.2, -0.15) is 13.2 Å². The van der Waals surface area contributed by atoms with Crippen LogP contribution in [0.5, 0.6) is 0 Å². The van der Waals surface area contributed by atoms with Gasteiger partial charge >= 0.3 is 5.51 Å². The summed E-state index contributed by atoms with van der Waals surface area (Å²) in [4.78, 5) is 14.4. The number of alkyl halides is 3. The highest BCUT2D eigenvalue weighted by Gasteiger charge is 2.29. The van der Waals surface area contributed by atoms with Gasteiger partial charge < -0.3 is 5.32 Å². The molecule has 3 nitrogen and oxygen atoms in total. The molecule has 0 bridgehead atoms. The summed E-state index contributed by atoms with van der Waals surface area (Å²) in [5.74, 6) is -0.244. The molecule has 0 spiro atoms. The summed E-state index contributed by atoms with van der Waals surface area (Å²) in [6, 6.07) is 5.85. The number of benzene rings is 1. The van der Waals surface area contributed by atoms with Crippen molar-refractivity contribution in [2.45, 2.75) is 36.2 Å². The molecular formula is C15H19F3N2OS. The molecule has 0 aliphatic carbocycles. The molecule has 0 saturated carbocycles. The largest absolute Gasteiger partial charge is 0.446 e. The third-order valence-electron chi connectivity index (χ3n) is 3.75. The fourth-order valence-corrected chi connectivity index (χ4v) is 3.20. The first-order valence-electron chi connectivity index (χ1n) is 7.27. The Morgan fingerprint density at radius 3 is 2.64 bits per heavy atom. The molecule has 1 aliphatic rings. The van der Waals surface area contributed by atoms with Gasteiger partial charge in [0.15, 0.2) is 0 Å². The molecule has 1 amide bonds. The van der Waals surface area contributed by atoms with Crippen LogP contribution < -0.4 is 5.32 Å². The van der Waals surface area contributed by atoms with Crippen molar-refractivity contribution in [3.8, 4) is 0 Å². The standard InChI is InChI=1S/C15H19F3N2OS/c1-2-20-9-3-4-12(20)10-19-14(21)11-5-7-13(8-6-11)22-15(16,17)18/h5-8,12H,2-4,9-10H2,1H3,(H,19,21). The molecule has 2 rings (SSSR count). The molecule has 7 heteroatoms. The van der Waals surface area contributed by atoms with Crippen LogP contribution in [0.3, 0.4) is 0 Å². The first-order valence-corrected chi connectivity index (χ1v) is 8.08. The van der Waals surface area contributed by atoms with Crippen molar-refractivity contribution in [1.29, 1.82) is 0 Å². The summed E-state index contributed by atoms with van der Waals surface area (Å²) in [5.41, 5.74) is -3.93. The van der Waals surface area contributed by atoms with Crippen LogP contribution in [0, 0.1) is 0 Å². The monoisotopic (exact) mass is 332 g/mol. The van der Waals surface area contributed by atoms with Crippen LogP contribution in [0.1, 0.15) is 30.1 Å². The van der Waals surface area contributed by atoms with Crippen molar-refractivity contribution in [1.82, 2.24) is 10.2 Å². The molecule has 1 fully saturated rings. The maximum absolute atomic E-state index is 12.2. The van der Waals surface area contributed by atoms with Gasteiger partial charge in [0.1, 0.15) is 0 Å². The third-order valence-corrected chi connectivity index (χ3v) is 4.49. The number of thioether (sulfide) groups is 1. The molecule has 1 aromatic rings. The van der Waals surface area contributed by atoms with Crippen molar-refractivity contribution in [2.24, 2.45) is 0 Å². The molecule has 1 aromatic carbocycles. The summed E-state index contributed by atoms with van der Waals surface area (Å²) in [5, 5.41) is 2.86. The molecular weight excluding hydrogens is 313 g/mol. The molecule has 1 atom stereocenters. The van der Waals surface area contributed by atoms with Gasteiger partial charge in [0.2, 0.25) is 0 Å². The van der Waals surface area contributed by atoms with Gasteiger partial charge in [-0.1, -0.05) is 6.92 Å². The topological polar surface area (TPSA) is 32.3 Å². The van der Waals surface area contributed by atoms with E-state index in [1.807, 2.05) is 0 Å². The van der Waals surface area contributed by atoms with Gasteiger partial charge in [0.05, 0.1) is 0 Å². The van der Waals surface area contributed by atoms with E-state index in [0.29, 0.717) is 18.2 Å². The average molecular weight is 332 g/mol. The zero-order valence-electron chi connectivity index (χ0n) is 12.3. The van der Waals surface area contributed by atoms with E-state index in [9.17, 15) is 18.0 Å². The molecule has 1 saturated heterocycles. The van der Waals surface area contributed by atoms with Gasteiger partial charge in [-0.25, -0.2) is 0 Å². The lowest BCUT2D eigenvalue weighted by Crippen LogP contribution is -2.40. The van der Waals surface area contributed by atoms with Crippen LogP contribution in [0.2, 0.25) is 0 Å². The minimum atomic E-state index is -4.31. The highest BCUT2D eigenvalue weighted by molar-refractivity contribution is 8.00. The Bertz CT molecular complexity index is 505. The number of likely N-dealkylation sites (N-methyl/N-ethyl adjacent to an activating group) is 1. The number of carbonyl (C=O) groups is 1. The van der Waals surface area contributed by atoms with Crippen LogP contribution >= 0.6 is 11.8 Å². The molecule has 1 N–H and O–H groups in total. The number of halogens is 3. The number of amides is 1. The number of likely N-dealkylation sites (tertiary alicyclic amines) is 1. The SMILES string of the molecule is CCN1CCCC1CNC(=O)c1ccc(SC(F)(F)F)cc1. The fraction of sp³-hybridized carbons (Fsp3) is 0.533.